The van der Waals surface area contributed by atoms with Gasteiger partial charge in [-0.1, -0.05) is 0 Å². The van der Waals surface area contributed by atoms with Crippen LogP contribution in [0, 0.1) is 13.8 Å². The lowest BCUT2D eigenvalue weighted by atomic mass is 10.2. The molecular weight excluding hydrogens is 320 g/mol. The van der Waals surface area contributed by atoms with Gasteiger partial charge in [0.05, 0.1) is 12.0 Å². The average molecular weight is 340 g/mol. The first-order valence-corrected chi connectivity index (χ1v) is 8.04. The van der Waals surface area contributed by atoms with Gasteiger partial charge in [-0.15, -0.1) is 0 Å². The van der Waals surface area contributed by atoms with E-state index >= 15 is 0 Å². The highest BCUT2D eigenvalue weighted by atomic mass is 16.5. The van der Waals surface area contributed by atoms with Crippen LogP contribution in [0.5, 0.6) is 11.5 Å². The van der Waals surface area contributed by atoms with Crippen molar-refractivity contribution in [1.82, 2.24) is 15.0 Å². The zero-order valence-corrected chi connectivity index (χ0v) is 14.4. The monoisotopic (exact) mass is 340 g/mol. The molecule has 130 valence electrons. The van der Waals surface area contributed by atoms with E-state index in [-0.39, 0.29) is 12.5 Å². The minimum absolute atomic E-state index is 0.109. The molecule has 7 nitrogen and oxygen atoms in total. The van der Waals surface area contributed by atoms with Crippen LogP contribution in [0.4, 0.5) is 5.82 Å². The molecule has 0 atom stereocenters. The van der Waals surface area contributed by atoms with Gasteiger partial charge in [0.15, 0.2) is 6.61 Å². The van der Waals surface area contributed by atoms with Crippen LogP contribution in [0.2, 0.25) is 0 Å². The summed E-state index contributed by atoms with van der Waals surface area (Å²) < 4.78 is 10.9. The highest BCUT2D eigenvalue weighted by molar-refractivity contribution is 6.00. The van der Waals surface area contributed by atoms with Gasteiger partial charge in [0, 0.05) is 5.69 Å². The molecule has 1 aromatic carbocycles. The molecule has 2 heterocycles. The van der Waals surface area contributed by atoms with E-state index in [1.54, 1.807) is 24.3 Å². The summed E-state index contributed by atoms with van der Waals surface area (Å²) >= 11 is 0. The highest BCUT2D eigenvalue weighted by Gasteiger charge is 2.13. The summed E-state index contributed by atoms with van der Waals surface area (Å²) in [7, 11) is 0. The molecule has 0 fully saturated rings. The third-order valence-corrected chi connectivity index (χ3v) is 3.85. The molecule has 2 aromatic heterocycles. The number of fused-ring (bicyclic) bond motifs is 1. The van der Waals surface area contributed by atoms with Gasteiger partial charge < -0.3 is 19.8 Å². The Bertz CT molecular complexity index is 887. The molecule has 0 saturated carbocycles. The summed E-state index contributed by atoms with van der Waals surface area (Å²) in [5, 5.41) is 3.60. The molecule has 25 heavy (non-hydrogen) atoms. The second-order valence-corrected chi connectivity index (χ2v) is 5.56. The Morgan fingerprint density at radius 2 is 1.80 bits per heavy atom. The summed E-state index contributed by atoms with van der Waals surface area (Å²) in [4.78, 5) is 23.7. The van der Waals surface area contributed by atoms with Gasteiger partial charge in [0.2, 0.25) is 0 Å². The number of carbonyl (C=O) groups excluding carboxylic acids is 1. The number of ether oxygens (including phenoxy) is 2. The summed E-state index contributed by atoms with van der Waals surface area (Å²) in [5.41, 5.74) is 2.71. The van der Waals surface area contributed by atoms with Gasteiger partial charge in [0.1, 0.15) is 29.3 Å². The van der Waals surface area contributed by atoms with Gasteiger partial charge in [-0.05, 0) is 50.6 Å². The van der Waals surface area contributed by atoms with Crippen LogP contribution in [0.1, 0.15) is 18.2 Å². The molecule has 0 aliphatic carbocycles. The van der Waals surface area contributed by atoms with Crippen LogP contribution in [-0.4, -0.2) is 34.1 Å². The van der Waals surface area contributed by atoms with Gasteiger partial charge in [0.25, 0.3) is 5.91 Å². The quantitative estimate of drug-likeness (QED) is 0.720. The van der Waals surface area contributed by atoms with E-state index in [1.807, 2.05) is 20.8 Å². The SMILES string of the molecule is CCOc1ccc(OCC(=O)Nc2ncnc3[nH]c(C)c(C)c23)cc1. The van der Waals surface area contributed by atoms with Crippen molar-refractivity contribution in [2.24, 2.45) is 0 Å². The van der Waals surface area contributed by atoms with Crippen molar-refractivity contribution < 1.29 is 14.3 Å². The number of aryl methyl sites for hydroxylation is 2. The molecule has 0 unspecified atom stereocenters. The Hall–Kier alpha value is -3.09. The van der Waals surface area contributed by atoms with Gasteiger partial charge >= 0.3 is 0 Å². The van der Waals surface area contributed by atoms with Gasteiger partial charge in [-0.25, -0.2) is 9.97 Å². The summed E-state index contributed by atoms with van der Waals surface area (Å²) in [6, 6.07) is 7.13. The van der Waals surface area contributed by atoms with Crippen molar-refractivity contribution in [1.29, 1.82) is 0 Å². The van der Waals surface area contributed by atoms with Gasteiger partial charge in [-0.2, -0.15) is 0 Å². The number of nitrogens with one attached hydrogen (secondary N) is 2. The largest absolute Gasteiger partial charge is 0.494 e. The molecule has 7 heteroatoms. The first kappa shape index (κ1) is 16.8. The van der Waals surface area contributed by atoms with Crippen LogP contribution < -0.4 is 14.8 Å². The van der Waals surface area contributed by atoms with Crippen molar-refractivity contribution in [3.8, 4) is 11.5 Å². The molecule has 0 spiro atoms. The number of aromatic amines is 1. The van der Waals surface area contributed by atoms with Crippen molar-refractivity contribution >= 4 is 22.8 Å². The third-order valence-electron chi connectivity index (χ3n) is 3.85. The lowest BCUT2D eigenvalue weighted by molar-refractivity contribution is -0.118. The summed E-state index contributed by atoms with van der Waals surface area (Å²) in [6.45, 7) is 6.34. The Kier molecular flexibility index (Phi) is 4.83. The fourth-order valence-corrected chi connectivity index (χ4v) is 2.50. The van der Waals surface area contributed by atoms with Crippen molar-refractivity contribution in [2.75, 3.05) is 18.5 Å². The van der Waals surface area contributed by atoms with Crippen molar-refractivity contribution in [3.63, 3.8) is 0 Å². The zero-order chi connectivity index (χ0) is 17.8. The van der Waals surface area contributed by atoms with Crippen LogP contribution in [0.25, 0.3) is 11.0 Å². The van der Waals surface area contributed by atoms with Crippen LogP contribution in [0.15, 0.2) is 30.6 Å². The molecular formula is C18H20N4O3. The number of hydrogen-bond donors (Lipinski definition) is 2. The molecule has 3 aromatic rings. The Balaban J connectivity index is 1.65. The molecule has 0 aliphatic rings. The van der Waals surface area contributed by atoms with E-state index < -0.39 is 0 Å². The maximum absolute atomic E-state index is 12.2. The first-order chi connectivity index (χ1) is 12.1. The number of rotatable bonds is 6. The first-order valence-electron chi connectivity index (χ1n) is 8.04. The second-order valence-electron chi connectivity index (χ2n) is 5.56. The van der Waals surface area contributed by atoms with Crippen molar-refractivity contribution in [2.45, 2.75) is 20.8 Å². The second kappa shape index (κ2) is 7.21. The molecule has 0 saturated heterocycles. The van der Waals surface area contributed by atoms with Crippen molar-refractivity contribution in [3.05, 3.63) is 41.9 Å². The number of anilines is 1. The molecule has 1 amide bonds. The van der Waals surface area contributed by atoms with Crippen LogP contribution in [-0.2, 0) is 4.79 Å². The minimum Gasteiger partial charge on any atom is -0.494 e. The smallest absolute Gasteiger partial charge is 0.263 e. The lowest BCUT2D eigenvalue weighted by Crippen LogP contribution is -2.21. The lowest BCUT2D eigenvalue weighted by Gasteiger charge is -2.09. The van der Waals surface area contributed by atoms with E-state index in [4.69, 9.17) is 9.47 Å². The van der Waals surface area contributed by atoms with Crippen LogP contribution in [0.3, 0.4) is 0 Å². The summed E-state index contributed by atoms with van der Waals surface area (Å²) in [6.07, 6.45) is 1.42. The molecule has 0 bridgehead atoms. The minimum atomic E-state index is -0.285. The normalized spacial score (nSPS) is 10.7. The molecule has 3 rings (SSSR count). The number of H-pyrrole nitrogens is 1. The predicted molar refractivity (Wildman–Crippen MR) is 95.1 cm³/mol. The number of carbonyl (C=O) groups is 1. The molecule has 0 radical (unpaired) electrons. The number of aromatic nitrogens is 3. The summed E-state index contributed by atoms with van der Waals surface area (Å²) in [5.74, 6) is 1.56. The fraction of sp³-hybridized carbons (Fsp3) is 0.278. The highest BCUT2D eigenvalue weighted by Crippen LogP contribution is 2.25. The Morgan fingerprint density at radius 3 is 2.48 bits per heavy atom. The number of benzene rings is 1. The topological polar surface area (TPSA) is 89.1 Å². The van der Waals surface area contributed by atoms with E-state index in [2.05, 4.69) is 20.3 Å². The van der Waals surface area contributed by atoms with Gasteiger partial charge in [-0.3, -0.25) is 4.79 Å². The fourth-order valence-electron chi connectivity index (χ4n) is 2.50. The zero-order valence-electron chi connectivity index (χ0n) is 14.4. The molecule has 2 N–H and O–H groups in total. The van der Waals surface area contributed by atoms with E-state index in [1.165, 1.54) is 6.33 Å². The van der Waals surface area contributed by atoms with E-state index in [0.29, 0.717) is 23.8 Å². The standard InChI is InChI=1S/C18H20N4O3/c1-4-24-13-5-7-14(8-6-13)25-9-15(23)22-18-16-11(2)12(3)21-17(16)19-10-20-18/h5-8,10H,4,9H2,1-3H3,(H2,19,20,21,22,23). The predicted octanol–water partition coefficient (Wildman–Crippen LogP) is 2.99. The number of nitrogens with zero attached hydrogens (tertiary/aromatic N) is 2. The molecule has 0 aliphatic heterocycles. The third kappa shape index (κ3) is 3.71. The average Bonchev–Trinajstić information content (AvgIpc) is 2.90. The number of amides is 1. The Morgan fingerprint density at radius 1 is 1.12 bits per heavy atom. The maximum Gasteiger partial charge on any atom is 0.263 e. The maximum atomic E-state index is 12.2. The Labute approximate surface area is 145 Å². The van der Waals surface area contributed by atoms with Crippen LogP contribution >= 0.6 is 0 Å². The van der Waals surface area contributed by atoms with E-state index in [0.717, 1.165) is 22.4 Å². The van der Waals surface area contributed by atoms with E-state index in [9.17, 15) is 4.79 Å². The number of hydrogen-bond acceptors (Lipinski definition) is 5.